The van der Waals surface area contributed by atoms with Crippen molar-refractivity contribution in [3.63, 3.8) is 0 Å². The Morgan fingerprint density at radius 3 is 2.59 bits per heavy atom. The number of amides is 1. The van der Waals surface area contributed by atoms with Gasteiger partial charge in [0.1, 0.15) is 0 Å². The number of rotatable bonds is 6. The SMILES string of the molecule is C[C@@H](C(=O)N(Cc1cccs1)C1CC1)[C@@H](N)c1ccccc1. The molecule has 1 saturated carbocycles. The number of hydrogen-bond donors (Lipinski definition) is 1. The molecule has 1 heterocycles. The van der Waals surface area contributed by atoms with Gasteiger partial charge in [-0.3, -0.25) is 4.79 Å². The van der Waals surface area contributed by atoms with E-state index in [2.05, 4.69) is 11.4 Å². The summed E-state index contributed by atoms with van der Waals surface area (Å²) < 4.78 is 0. The minimum Gasteiger partial charge on any atom is -0.334 e. The van der Waals surface area contributed by atoms with E-state index in [0.29, 0.717) is 12.6 Å². The van der Waals surface area contributed by atoms with Crippen LogP contribution in [0.15, 0.2) is 47.8 Å². The Kier molecular flexibility index (Phi) is 4.60. The maximum absolute atomic E-state index is 12.9. The molecule has 1 aliphatic rings. The van der Waals surface area contributed by atoms with Crippen molar-refractivity contribution in [3.8, 4) is 0 Å². The van der Waals surface area contributed by atoms with Crippen molar-refractivity contribution in [2.45, 2.75) is 38.4 Å². The van der Waals surface area contributed by atoms with Crippen LogP contribution < -0.4 is 5.73 Å². The first-order valence-corrected chi connectivity index (χ1v) is 8.68. The minimum absolute atomic E-state index is 0.173. The Morgan fingerprint density at radius 1 is 1.27 bits per heavy atom. The Labute approximate surface area is 135 Å². The van der Waals surface area contributed by atoms with Gasteiger partial charge in [-0.1, -0.05) is 43.3 Å². The molecule has 1 amide bonds. The van der Waals surface area contributed by atoms with Crippen LogP contribution in [0.3, 0.4) is 0 Å². The van der Waals surface area contributed by atoms with Crippen LogP contribution in [0, 0.1) is 5.92 Å². The number of nitrogens with zero attached hydrogens (tertiary/aromatic N) is 1. The van der Waals surface area contributed by atoms with Crippen LogP contribution in [0.2, 0.25) is 0 Å². The molecule has 1 fully saturated rings. The summed E-state index contributed by atoms with van der Waals surface area (Å²) in [7, 11) is 0. The fraction of sp³-hybridized carbons (Fsp3) is 0.389. The van der Waals surface area contributed by atoms with Crippen molar-refractivity contribution in [2.75, 3.05) is 0 Å². The first kappa shape index (κ1) is 15.3. The highest BCUT2D eigenvalue weighted by molar-refractivity contribution is 7.09. The second-order valence-electron chi connectivity index (χ2n) is 6.00. The molecule has 2 aromatic rings. The second-order valence-corrected chi connectivity index (χ2v) is 7.03. The normalized spacial score (nSPS) is 17.0. The Morgan fingerprint density at radius 2 is 2.00 bits per heavy atom. The van der Waals surface area contributed by atoms with E-state index in [9.17, 15) is 4.79 Å². The van der Waals surface area contributed by atoms with Crippen molar-refractivity contribution < 1.29 is 4.79 Å². The lowest BCUT2D eigenvalue weighted by Gasteiger charge is -2.28. The number of carbonyl (C=O) groups is 1. The molecule has 4 heteroatoms. The Balaban J connectivity index is 1.72. The van der Waals surface area contributed by atoms with Gasteiger partial charge >= 0.3 is 0 Å². The van der Waals surface area contributed by atoms with Gasteiger partial charge in [-0.05, 0) is 29.9 Å². The maximum Gasteiger partial charge on any atom is 0.227 e. The molecule has 0 saturated heterocycles. The molecule has 116 valence electrons. The smallest absolute Gasteiger partial charge is 0.227 e. The highest BCUT2D eigenvalue weighted by Gasteiger charge is 2.36. The third-order valence-electron chi connectivity index (χ3n) is 4.29. The number of nitrogens with two attached hydrogens (primary N) is 1. The van der Waals surface area contributed by atoms with E-state index in [4.69, 9.17) is 5.73 Å². The molecular formula is C18H22N2OS. The van der Waals surface area contributed by atoms with Crippen molar-refractivity contribution in [2.24, 2.45) is 11.7 Å². The van der Waals surface area contributed by atoms with Gasteiger partial charge < -0.3 is 10.6 Å². The van der Waals surface area contributed by atoms with Gasteiger partial charge in [0.05, 0.1) is 12.5 Å². The molecule has 0 radical (unpaired) electrons. The van der Waals surface area contributed by atoms with Crippen LogP contribution in [0.1, 0.15) is 36.2 Å². The van der Waals surface area contributed by atoms with Crippen molar-refractivity contribution in [1.82, 2.24) is 4.90 Å². The van der Waals surface area contributed by atoms with E-state index in [-0.39, 0.29) is 17.9 Å². The summed E-state index contributed by atoms with van der Waals surface area (Å²) in [6.07, 6.45) is 2.23. The molecule has 2 atom stereocenters. The monoisotopic (exact) mass is 314 g/mol. The van der Waals surface area contributed by atoms with Crippen LogP contribution >= 0.6 is 11.3 Å². The predicted molar refractivity (Wildman–Crippen MR) is 90.4 cm³/mol. The van der Waals surface area contributed by atoms with Gasteiger partial charge in [-0.15, -0.1) is 11.3 Å². The lowest BCUT2D eigenvalue weighted by Crippen LogP contribution is -2.40. The van der Waals surface area contributed by atoms with E-state index in [0.717, 1.165) is 18.4 Å². The maximum atomic E-state index is 12.9. The summed E-state index contributed by atoms with van der Waals surface area (Å²) in [6.45, 7) is 2.66. The summed E-state index contributed by atoms with van der Waals surface area (Å²) >= 11 is 1.71. The molecule has 0 bridgehead atoms. The van der Waals surface area contributed by atoms with Gasteiger partial charge in [0, 0.05) is 17.0 Å². The van der Waals surface area contributed by atoms with Crippen molar-refractivity contribution in [1.29, 1.82) is 0 Å². The molecule has 0 aliphatic heterocycles. The van der Waals surface area contributed by atoms with Gasteiger partial charge in [0.2, 0.25) is 5.91 Å². The fourth-order valence-corrected chi connectivity index (χ4v) is 3.43. The van der Waals surface area contributed by atoms with Crippen LogP contribution in [0.25, 0.3) is 0 Å². The summed E-state index contributed by atoms with van der Waals surface area (Å²) in [5.41, 5.74) is 7.35. The first-order valence-electron chi connectivity index (χ1n) is 7.80. The molecule has 1 aromatic carbocycles. The minimum atomic E-state index is -0.252. The lowest BCUT2D eigenvalue weighted by molar-refractivity contribution is -0.136. The van der Waals surface area contributed by atoms with Gasteiger partial charge in [0.25, 0.3) is 0 Å². The predicted octanol–water partition coefficient (Wildman–Crippen LogP) is 3.58. The largest absolute Gasteiger partial charge is 0.334 e. The molecule has 3 rings (SSSR count). The number of hydrogen-bond acceptors (Lipinski definition) is 3. The fourth-order valence-electron chi connectivity index (χ4n) is 2.72. The average Bonchev–Trinajstić information content (AvgIpc) is 3.27. The summed E-state index contributed by atoms with van der Waals surface area (Å²) in [6, 6.07) is 14.2. The highest BCUT2D eigenvalue weighted by atomic mass is 32.1. The number of thiophene rings is 1. The summed E-state index contributed by atoms with van der Waals surface area (Å²) in [4.78, 5) is 16.2. The third kappa shape index (κ3) is 3.39. The highest BCUT2D eigenvalue weighted by Crippen LogP contribution is 2.32. The van der Waals surface area contributed by atoms with Crippen LogP contribution in [0.5, 0.6) is 0 Å². The molecule has 0 unspecified atom stereocenters. The van der Waals surface area contributed by atoms with Gasteiger partial charge in [-0.25, -0.2) is 0 Å². The van der Waals surface area contributed by atoms with Crippen molar-refractivity contribution >= 4 is 17.2 Å². The van der Waals surface area contributed by atoms with Crippen molar-refractivity contribution in [3.05, 3.63) is 58.3 Å². The molecule has 0 spiro atoms. The standard InChI is InChI=1S/C18H22N2OS/c1-13(17(19)14-6-3-2-4-7-14)18(21)20(15-9-10-15)12-16-8-5-11-22-16/h2-8,11,13,15,17H,9-10,12,19H2,1H3/t13-,17-/m1/s1. The van der Waals surface area contributed by atoms with E-state index in [1.165, 1.54) is 4.88 Å². The molecule has 22 heavy (non-hydrogen) atoms. The third-order valence-corrected chi connectivity index (χ3v) is 5.15. The quantitative estimate of drug-likeness (QED) is 0.886. The zero-order valence-electron chi connectivity index (χ0n) is 12.8. The molecule has 2 N–H and O–H groups in total. The van der Waals surface area contributed by atoms with E-state index in [1.807, 2.05) is 48.2 Å². The second kappa shape index (κ2) is 6.63. The first-order chi connectivity index (χ1) is 10.7. The summed E-state index contributed by atoms with van der Waals surface area (Å²) in [5.74, 6) is -0.0322. The molecular weight excluding hydrogens is 292 g/mol. The molecule has 1 aliphatic carbocycles. The Hall–Kier alpha value is -1.65. The van der Waals surface area contributed by atoms with Crippen LogP contribution in [0.4, 0.5) is 0 Å². The average molecular weight is 314 g/mol. The summed E-state index contributed by atoms with van der Waals surface area (Å²) in [5, 5.41) is 2.06. The topological polar surface area (TPSA) is 46.3 Å². The Bertz CT molecular complexity index is 607. The zero-order valence-corrected chi connectivity index (χ0v) is 13.6. The molecule has 1 aromatic heterocycles. The zero-order chi connectivity index (χ0) is 15.5. The van der Waals surface area contributed by atoms with Gasteiger partial charge in [-0.2, -0.15) is 0 Å². The van der Waals surface area contributed by atoms with Gasteiger partial charge in [0.15, 0.2) is 0 Å². The van der Waals surface area contributed by atoms with Crippen LogP contribution in [-0.2, 0) is 11.3 Å². The van der Waals surface area contributed by atoms with Crippen LogP contribution in [-0.4, -0.2) is 16.8 Å². The van der Waals surface area contributed by atoms with E-state index in [1.54, 1.807) is 11.3 Å². The molecule has 3 nitrogen and oxygen atoms in total. The number of benzene rings is 1. The van der Waals surface area contributed by atoms with E-state index < -0.39 is 0 Å². The lowest BCUT2D eigenvalue weighted by atomic mass is 9.94. The number of carbonyl (C=O) groups excluding carboxylic acids is 1. The van der Waals surface area contributed by atoms with E-state index >= 15 is 0 Å².